The van der Waals surface area contributed by atoms with E-state index in [-0.39, 0.29) is 103 Å². The molecular weight excluding hydrogens is 270 g/mol. The standard InChI is InChI=1S/2K.H2O4Te/c;;1-5(2,3)4/h;;(H2,1,2,3,4)/q2*+1;/p-2. The molecule has 0 aromatic carbocycles. The summed E-state index contributed by atoms with van der Waals surface area (Å²) in [5.41, 5.74) is 0. The van der Waals surface area contributed by atoms with Gasteiger partial charge in [-0.25, -0.2) is 0 Å². The molecule has 32 valence electrons. The summed E-state index contributed by atoms with van der Waals surface area (Å²) in [6.45, 7) is 0. The zero-order chi connectivity index (χ0) is 4.50. The average Bonchev–Trinajstić information content (AvgIpc) is 0.722. The molecular formula is K2O4Te. The Morgan fingerprint density at radius 1 is 1.00 bits per heavy atom. The summed E-state index contributed by atoms with van der Waals surface area (Å²) in [7, 11) is 0. The Kier molecular flexibility index (Phi) is 18.6. The van der Waals surface area contributed by atoms with Gasteiger partial charge >= 0.3 is 135 Å². The van der Waals surface area contributed by atoms with Crippen molar-refractivity contribution in [2.75, 3.05) is 0 Å². The Morgan fingerprint density at radius 3 is 1.00 bits per heavy atom. The molecule has 0 fully saturated rings. The van der Waals surface area contributed by atoms with Crippen LogP contribution < -0.4 is 110 Å². The largest absolute Gasteiger partial charge is 1.00 e. The summed E-state index contributed by atoms with van der Waals surface area (Å²) in [5, 5.41) is 0. The molecule has 0 radical (unpaired) electrons. The molecule has 0 rings (SSSR count). The zero-order valence-electron chi connectivity index (χ0n) is 4.04. The number of rotatable bonds is 0. The van der Waals surface area contributed by atoms with Crippen molar-refractivity contribution in [3.05, 3.63) is 0 Å². The fourth-order valence-electron chi connectivity index (χ4n) is 0. The van der Waals surface area contributed by atoms with Crippen LogP contribution in [0.25, 0.3) is 0 Å². The topological polar surface area (TPSA) is 80.3 Å². The van der Waals surface area contributed by atoms with Crippen molar-refractivity contribution >= 4 is 19.0 Å². The maximum absolute atomic E-state index is 8.63. The van der Waals surface area contributed by atoms with Crippen LogP contribution in [0.3, 0.4) is 0 Å². The Bertz CT molecular complexity index is 92.9. The van der Waals surface area contributed by atoms with E-state index in [2.05, 4.69) is 0 Å². The van der Waals surface area contributed by atoms with E-state index in [1.54, 1.807) is 0 Å². The summed E-state index contributed by atoms with van der Waals surface area (Å²) in [6.07, 6.45) is 0. The maximum atomic E-state index is 8.63. The van der Waals surface area contributed by atoms with Crippen molar-refractivity contribution in [1.82, 2.24) is 0 Å². The van der Waals surface area contributed by atoms with Crippen LogP contribution in [-0.4, -0.2) is 19.0 Å². The van der Waals surface area contributed by atoms with Crippen LogP contribution in [0.15, 0.2) is 0 Å². The van der Waals surface area contributed by atoms with Gasteiger partial charge in [0, 0.05) is 0 Å². The number of hydrogen-bond acceptors (Lipinski definition) is 4. The SMILES string of the molecule is O=[Te](=O)([O-])[O-].[K+].[K+]. The third-order valence-electron chi connectivity index (χ3n) is 0. The molecule has 0 spiro atoms. The normalized spacial score (nSPS) is 8.29. The zero-order valence-corrected chi connectivity index (χ0v) is 12.6. The maximum Gasteiger partial charge on any atom is 1.00 e. The fraction of sp³-hybridized carbons (Fsp3) is 0. The minimum Gasteiger partial charge on any atom is 1.00 e. The van der Waals surface area contributed by atoms with Crippen LogP contribution in [0.1, 0.15) is 0 Å². The van der Waals surface area contributed by atoms with Crippen LogP contribution in [0.5, 0.6) is 0 Å². The van der Waals surface area contributed by atoms with Gasteiger partial charge in [0.25, 0.3) is 0 Å². The Morgan fingerprint density at radius 2 is 1.00 bits per heavy atom. The Hall–Kier alpha value is 3.58. The molecule has 7 heavy (non-hydrogen) atoms. The minimum atomic E-state index is -6.02. The summed E-state index contributed by atoms with van der Waals surface area (Å²) < 4.78 is 34.5. The fourth-order valence-corrected chi connectivity index (χ4v) is 0. The van der Waals surface area contributed by atoms with E-state index in [4.69, 9.17) is 13.2 Å². The summed E-state index contributed by atoms with van der Waals surface area (Å²) in [4.78, 5) is 0. The van der Waals surface area contributed by atoms with Gasteiger partial charge in [-0.3, -0.25) is 0 Å². The third kappa shape index (κ3) is 42.9. The smallest absolute Gasteiger partial charge is 1.00 e. The molecule has 0 saturated heterocycles. The van der Waals surface area contributed by atoms with Crippen molar-refractivity contribution in [2.24, 2.45) is 0 Å². The molecule has 7 heteroatoms. The van der Waals surface area contributed by atoms with Gasteiger partial charge < -0.3 is 0 Å². The van der Waals surface area contributed by atoms with E-state index in [9.17, 15) is 0 Å². The molecule has 0 aliphatic carbocycles. The first-order valence-corrected chi connectivity index (χ1v) is 4.47. The second kappa shape index (κ2) is 7.69. The summed E-state index contributed by atoms with van der Waals surface area (Å²) in [6, 6.07) is 0. The molecule has 0 saturated carbocycles. The predicted molar refractivity (Wildman–Crippen MR) is 7.13 cm³/mol. The first-order valence-electron chi connectivity index (χ1n) is 0.667. The first kappa shape index (κ1) is 16.9. The molecule has 0 aromatic heterocycles. The second-order valence-electron chi connectivity index (χ2n) is 0.408. The third-order valence-corrected chi connectivity index (χ3v) is 0. The van der Waals surface area contributed by atoms with Crippen molar-refractivity contribution < 1.29 is 116 Å². The molecule has 0 atom stereocenters. The molecule has 0 aliphatic rings. The first-order chi connectivity index (χ1) is 2.00. The molecule has 0 amide bonds. The van der Waals surface area contributed by atoms with Crippen LogP contribution in [0.2, 0.25) is 0 Å². The molecule has 0 aliphatic heterocycles. The van der Waals surface area contributed by atoms with Gasteiger partial charge in [-0.15, -0.1) is 0 Å². The van der Waals surface area contributed by atoms with Crippen molar-refractivity contribution in [3.8, 4) is 0 Å². The Labute approximate surface area is 131 Å². The predicted octanol–water partition coefficient (Wildman–Crippen LogP) is -8.99. The molecule has 4 nitrogen and oxygen atoms in total. The van der Waals surface area contributed by atoms with Crippen LogP contribution in [-0.2, 0) is 6.21 Å². The van der Waals surface area contributed by atoms with Gasteiger partial charge in [0.15, 0.2) is 0 Å². The van der Waals surface area contributed by atoms with Gasteiger partial charge in [-0.1, -0.05) is 0 Å². The van der Waals surface area contributed by atoms with Gasteiger partial charge in [-0.2, -0.15) is 0 Å². The van der Waals surface area contributed by atoms with E-state index in [0.29, 0.717) is 0 Å². The monoisotopic (exact) mass is 272 g/mol. The molecule has 0 aromatic rings. The van der Waals surface area contributed by atoms with E-state index in [0.717, 1.165) is 0 Å². The van der Waals surface area contributed by atoms with E-state index < -0.39 is 19.0 Å². The molecule has 0 heterocycles. The minimum absolute atomic E-state index is 0. The van der Waals surface area contributed by atoms with Gasteiger partial charge in [0.2, 0.25) is 0 Å². The average molecular weight is 270 g/mol. The quantitative estimate of drug-likeness (QED) is 0.409. The van der Waals surface area contributed by atoms with Gasteiger partial charge in [-0.05, 0) is 0 Å². The molecule has 0 bridgehead atoms. The molecule has 0 unspecified atom stereocenters. The van der Waals surface area contributed by atoms with E-state index in [1.165, 1.54) is 0 Å². The van der Waals surface area contributed by atoms with Crippen molar-refractivity contribution in [1.29, 1.82) is 0 Å². The van der Waals surface area contributed by atoms with Crippen LogP contribution in [0, 0.1) is 0 Å². The molecule has 0 N–H and O–H groups in total. The van der Waals surface area contributed by atoms with Crippen molar-refractivity contribution in [2.45, 2.75) is 0 Å². The number of hydrogen-bond donors (Lipinski definition) is 0. The summed E-state index contributed by atoms with van der Waals surface area (Å²) in [5.74, 6) is 0. The van der Waals surface area contributed by atoms with Gasteiger partial charge in [0.05, 0.1) is 0 Å². The van der Waals surface area contributed by atoms with Gasteiger partial charge in [0.1, 0.15) is 0 Å². The Balaban J connectivity index is -0.0000000800. The van der Waals surface area contributed by atoms with Crippen LogP contribution >= 0.6 is 0 Å². The van der Waals surface area contributed by atoms with E-state index in [1.807, 2.05) is 0 Å². The summed E-state index contributed by atoms with van der Waals surface area (Å²) >= 11 is -6.02. The van der Waals surface area contributed by atoms with Crippen LogP contribution in [0.4, 0.5) is 0 Å². The van der Waals surface area contributed by atoms with Crippen molar-refractivity contribution in [3.63, 3.8) is 0 Å². The second-order valence-corrected chi connectivity index (χ2v) is 2.74. The van der Waals surface area contributed by atoms with E-state index >= 15 is 0 Å².